The summed E-state index contributed by atoms with van der Waals surface area (Å²) in [5, 5.41) is 0. The highest BCUT2D eigenvalue weighted by molar-refractivity contribution is 8.00. The smallest absolute Gasteiger partial charge is 0.264 e. The summed E-state index contributed by atoms with van der Waals surface area (Å²) in [5.74, 6) is 0.615. The summed E-state index contributed by atoms with van der Waals surface area (Å²) in [4.78, 5) is 14.8. The number of hydrogen-bond acceptors (Lipinski definition) is 4. The highest BCUT2D eigenvalue weighted by Gasteiger charge is 2.38. The molecule has 0 N–H and O–H groups in total. The predicted octanol–water partition coefficient (Wildman–Crippen LogP) is 4.64. The van der Waals surface area contributed by atoms with Gasteiger partial charge in [0.2, 0.25) is 5.91 Å². The molecule has 0 unspecified atom stereocenters. The Labute approximate surface area is 186 Å². The van der Waals surface area contributed by atoms with Gasteiger partial charge >= 0.3 is 0 Å². The van der Waals surface area contributed by atoms with Gasteiger partial charge in [0.1, 0.15) is 0 Å². The number of para-hydroxylation sites is 1. The van der Waals surface area contributed by atoms with E-state index in [1.54, 1.807) is 39.2 Å². The zero-order chi connectivity index (χ0) is 21.6. The molecule has 1 atom stereocenters. The van der Waals surface area contributed by atoms with Crippen LogP contribution in [0.2, 0.25) is 0 Å². The van der Waals surface area contributed by atoms with Gasteiger partial charge in [0.25, 0.3) is 10.0 Å². The molecule has 0 fully saturated rings. The van der Waals surface area contributed by atoms with E-state index in [0.717, 1.165) is 21.7 Å². The van der Waals surface area contributed by atoms with Crippen molar-refractivity contribution in [2.75, 3.05) is 21.5 Å². The number of carbonyl (C=O) groups excluding carboxylic acids is 1. The predicted molar refractivity (Wildman–Crippen MR) is 124 cm³/mol. The zero-order valence-electron chi connectivity index (χ0n) is 17.1. The summed E-state index contributed by atoms with van der Waals surface area (Å²) in [6.07, 6.45) is 0.660. The largest absolute Gasteiger partial charge is 0.312 e. The third kappa shape index (κ3) is 3.42. The molecule has 0 aromatic heterocycles. The van der Waals surface area contributed by atoms with E-state index in [0.29, 0.717) is 24.4 Å². The van der Waals surface area contributed by atoms with E-state index in [9.17, 15) is 13.2 Å². The molecule has 5 nitrogen and oxygen atoms in total. The normalized spacial score (nSPS) is 17.9. The lowest BCUT2D eigenvalue weighted by molar-refractivity contribution is -0.116. The van der Waals surface area contributed by atoms with E-state index in [2.05, 4.69) is 0 Å². The number of nitrogens with zero attached hydrogens (tertiary/aromatic N) is 2. The number of rotatable bonds is 3. The number of amides is 1. The van der Waals surface area contributed by atoms with Crippen LogP contribution in [0.5, 0.6) is 0 Å². The lowest BCUT2D eigenvalue weighted by Crippen LogP contribution is -2.38. The number of benzene rings is 3. The zero-order valence-corrected chi connectivity index (χ0v) is 18.7. The second-order valence-electron chi connectivity index (χ2n) is 7.72. The minimum absolute atomic E-state index is 0.0273. The minimum Gasteiger partial charge on any atom is -0.312 e. The van der Waals surface area contributed by atoms with Gasteiger partial charge in [-0.3, -0.25) is 9.10 Å². The first-order valence-electron chi connectivity index (χ1n) is 10.2. The van der Waals surface area contributed by atoms with Gasteiger partial charge in [0, 0.05) is 29.8 Å². The number of carbonyl (C=O) groups is 1. The highest BCUT2D eigenvalue weighted by Crippen LogP contribution is 2.46. The second-order valence-corrected chi connectivity index (χ2v) is 10.6. The summed E-state index contributed by atoms with van der Waals surface area (Å²) in [5.41, 5.74) is 3.38. The number of hydrogen-bond donors (Lipinski definition) is 0. The Bertz CT molecular complexity index is 1260. The van der Waals surface area contributed by atoms with Crippen molar-refractivity contribution in [2.24, 2.45) is 0 Å². The van der Waals surface area contributed by atoms with Crippen LogP contribution in [0.15, 0.2) is 82.6 Å². The molecule has 1 amide bonds. The molecule has 0 bridgehead atoms. The molecule has 31 heavy (non-hydrogen) atoms. The van der Waals surface area contributed by atoms with Crippen LogP contribution in [0.3, 0.4) is 0 Å². The number of thioether (sulfide) groups is 1. The van der Waals surface area contributed by atoms with Gasteiger partial charge in [-0.1, -0.05) is 42.5 Å². The Morgan fingerprint density at radius 2 is 1.71 bits per heavy atom. The first-order valence-corrected chi connectivity index (χ1v) is 12.6. The van der Waals surface area contributed by atoms with Crippen LogP contribution in [0.25, 0.3) is 0 Å². The number of anilines is 2. The van der Waals surface area contributed by atoms with Crippen LogP contribution in [0, 0.1) is 0 Å². The van der Waals surface area contributed by atoms with Crippen molar-refractivity contribution < 1.29 is 13.2 Å². The molecule has 0 saturated heterocycles. The molecule has 5 rings (SSSR count). The fourth-order valence-electron chi connectivity index (χ4n) is 4.35. The summed E-state index contributed by atoms with van der Waals surface area (Å²) in [6, 6.07) is 22.3. The topological polar surface area (TPSA) is 57.7 Å². The van der Waals surface area contributed by atoms with E-state index in [-0.39, 0.29) is 16.8 Å². The Morgan fingerprint density at radius 1 is 0.968 bits per heavy atom. The standard InChI is InChI=1S/C24H22N2O3S2/c1-17(27)25-14-13-19-15-20(11-12-21(19)25)31(28,29)26-22-9-5-6-10-24(22)30-16-23(26)18-7-3-2-4-8-18/h2-12,15,23H,13-14,16H2,1H3/t23-/m0/s1. The van der Waals surface area contributed by atoms with Crippen LogP contribution in [-0.2, 0) is 21.2 Å². The maximum atomic E-state index is 14.0. The van der Waals surface area contributed by atoms with E-state index < -0.39 is 10.0 Å². The lowest BCUT2D eigenvalue weighted by atomic mass is 10.1. The van der Waals surface area contributed by atoms with Crippen molar-refractivity contribution in [2.45, 2.75) is 29.2 Å². The SMILES string of the molecule is CC(=O)N1CCc2cc(S(=O)(=O)N3c4ccccc4SC[C@H]3c3ccccc3)ccc21. The summed E-state index contributed by atoms with van der Waals surface area (Å²) in [6.45, 7) is 2.12. The Morgan fingerprint density at radius 3 is 2.48 bits per heavy atom. The molecule has 7 heteroatoms. The summed E-state index contributed by atoms with van der Waals surface area (Å²) >= 11 is 1.68. The van der Waals surface area contributed by atoms with Crippen molar-refractivity contribution in [3.63, 3.8) is 0 Å². The van der Waals surface area contributed by atoms with Gasteiger partial charge in [-0.25, -0.2) is 8.42 Å². The highest BCUT2D eigenvalue weighted by atomic mass is 32.2. The van der Waals surface area contributed by atoms with Crippen molar-refractivity contribution in [1.29, 1.82) is 0 Å². The van der Waals surface area contributed by atoms with E-state index in [1.165, 1.54) is 6.92 Å². The molecule has 2 heterocycles. The summed E-state index contributed by atoms with van der Waals surface area (Å²) in [7, 11) is -3.82. The van der Waals surface area contributed by atoms with Gasteiger partial charge in [-0.05, 0) is 47.9 Å². The molecule has 2 aliphatic rings. The van der Waals surface area contributed by atoms with Gasteiger partial charge in [0.05, 0.1) is 16.6 Å². The molecule has 0 radical (unpaired) electrons. The Balaban J connectivity index is 1.63. The van der Waals surface area contributed by atoms with E-state index >= 15 is 0 Å². The molecular formula is C24H22N2O3S2. The average molecular weight is 451 g/mol. The van der Waals surface area contributed by atoms with E-state index in [4.69, 9.17) is 0 Å². The van der Waals surface area contributed by atoms with Gasteiger partial charge < -0.3 is 4.90 Å². The molecule has 3 aromatic carbocycles. The van der Waals surface area contributed by atoms with Gasteiger partial charge in [0.15, 0.2) is 0 Å². The first kappa shape index (κ1) is 20.2. The Hall–Kier alpha value is -2.77. The van der Waals surface area contributed by atoms with Crippen LogP contribution in [0.4, 0.5) is 11.4 Å². The third-order valence-electron chi connectivity index (χ3n) is 5.85. The molecular weight excluding hydrogens is 428 g/mol. The number of sulfonamides is 1. The second kappa shape index (κ2) is 7.73. The fraction of sp³-hybridized carbons (Fsp3) is 0.208. The van der Waals surface area contributed by atoms with Crippen molar-refractivity contribution in [3.05, 3.63) is 83.9 Å². The minimum atomic E-state index is -3.82. The molecule has 0 saturated carbocycles. The van der Waals surface area contributed by atoms with Crippen molar-refractivity contribution in [1.82, 2.24) is 0 Å². The van der Waals surface area contributed by atoms with Gasteiger partial charge in [-0.2, -0.15) is 0 Å². The monoisotopic (exact) mass is 450 g/mol. The maximum Gasteiger partial charge on any atom is 0.264 e. The van der Waals surface area contributed by atoms with E-state index in [1.807, 2.05) is 54.6 Å². The average Bonchev–Trinajstić information content (AvgIpc) is 3.22. The Kier molecular flexibility index (Phi) is 5.02. The van der Waals surface area contributed by atoms with Crippen LogP contribution >= 0.6 is 11.8 Å². The molecule has 0 spiro atoms. The first-order chi connectivity index (χ1) is 15.0. The third-order valence-corrected chi connectivity index (χ3v) is 8.81. The molecule has 3 aromatic rings. The van der Waals surface area contributed by atoms with Crippen LogP contribution < -0.4 is 9.21 Å². The summed E-state index contributed by atoms with van der Waals surface area (Å²) < 4.78 is 29.5. The molecule has 0 aliphatic carbocycles. The van der Waals surface area contributed by atoms with Crippen molar-refractivity contribution in [3.8, 4) is 0 Å². The number of fused-ring (bicyclic) bond motifs is 2. The quantitative estimate of drug-likeness (QED) is 0.583. The van der Waals surface area contributed by atoms with Crippen molar-refractivity contribution >= 4 is 39.1 Å². The molecule has 158 valence electrons. The maximum absolute atomic E-state index is 14.0. The molecule has 2 aliphatic heterocycles. The van der Waals surface area contributed by atoms with Crippen LogP contribution in [0.1, 0.15) is 24.1 Å². The van der Waals surface area contributed by atoms with Gasteiger partial charge in [-0.15, -0.1) is 11.8 Å². The fourth-order valence-corrected chi connectivity index (χ4v) is 7.38. The lowest BCUT2D eigenvalue weighted by Gasteiger charge is -2.37. The van der Waals surface area contributed by atoms with Crippen LogP contribution in [-0.4, -0.2) is 26.6 Å².